The van der Waals surface area contributed by atoms with E-state index < -0.39 is 0 Å². The Morgan fingerprint density at radius 2 is 1.80 bits per heavy atom. The molecule has 1 unspecified atom stereocenters. The second kappa shape index (κ2) is 10.1. The SMILES string of the molecule is CCCCCOc1ccc(CC(CN)c2cc(C)ccc2OC)cc1. The average Bonchev–Trinajstić information content (AvgIpc) is 2.64. The lowest BCUT2D eigenvalue weighted by Crippen LogP contribution is -2.16. The molecule has 0 radical (unpaired) electrons. The first-order valence-corrected chi connectivity index (χ1v) is 9.24. The van der Waals surface area contributed by atoms with Crippen LogP contribution >= 0.6 is 0 Å². The van der Waals surface area contributed by atoms with Gasteiger partial charge in [0.1, 0.15) is 11.5 Å². The van der Waals surface area contributed by atoms with Crippen molar-refractivity contribution in [1.82, 2.24) is 0 Å². The van der Waals surface area contributed by atoms with Gasteiger partial charge >= 0.3 is 0 Å². The molecule has 0 aliphatic carbocycles. The van der Waals surface area contributed by atoms with Crippen LogP contribution in [-0.4, -0.2) is 20.3 Å². The highest BCUT2D eigenvalue weighted by molar-refractivity contribution is 5.41. The maximum Gasteiger partial charge on any atom is 0.122 e. The molecule has 136 valence electrons. The summed E-state index contributed by atoms with van der Waals surface area (Å²) in [5, 5.41) is 0. The molecule has 1 atom stereocenters. The van der Waals surface area contributed by atoms with Crippen molar-refractivity contribution in [3.63, 3.8) is 0 Å². The summed E-state index contributed by atoms with van der Waals surface area (Å²) < 4.78 is 11.3. The van der Waals surface area contributed by atoms with Crippen molar-refractivity contribution in [1.29, 1.82) is 0 Å². The van der Waals surface area contributed by atoms with Crippen LogP contribution in [0, 0.1) is 6.92 Å². The third kappa shape index (κ3) is 5.79. The lowest BCUT2D eigenvalue weighted by molar-refractivity contribution is 0.306. The molecule has 0 spiro atoms. The number of hydrogen-bond acceptors (Lipinski definition) is 3. The van der Waals surface area contributed by atoms with Crippen molar-refractivity contribution >= 4 is 0 Å². The number of hydrogen-bond donors (Lipinski definition) is 1. The molecule has 2 N–H and O–H groups in total. The normalized spacial score (nSPS) is 12.0. The lowest BCUT2D eigenvalue weighted by Gasteiger charge is -2.19. The molecular weight excluding hydrogens is 310 g/mol. The lowest BCUT2D eigenvalue weighted by atomic mass is 9.90. The topological polar surface area (TPSA) is 44.5 Å². The summed E-state index contributed by atoms with van der Waals surface area (Å²) in [6.07, 6.45) is 4.44. The Labute approximate surface area is 152 Å². The molecule has 2 rings (SSSR count). The predicted octanol–water partition coefficient (Wildman–Crippen LogP) is 4.86. The third-order valence-electron chi connectivity index (χ3n) is 4.53. The zero-order valence-corrected chi connectivity index (χ0v) is 15.8. The molecule has 0 saturated carbocycles. The summed E-state index contributed by atoms with van der Waals surface area (Å²) in [6, 6.07) is 14.7. The van der Waals surface area contributed by atoms with Gasteiger partial charge < -0.3 is 15.2 Å². The molecule has 0 heterocycles. The van der Waals surface area contributed by atoms with Crippen molar-refractivity contribution in [2.75, 3.05) is 20.3 Å². The zero-order chi connectivity index (χ0) is 18.1. The van der Waals surface area contributed by atoms with Gasteiger partial charge in [-0.05, 0) is 55.6 Å². The molecule has 25 heavy (non-hydrogen) atoms. The van der Waals surface area contributed by atoms with Crippen LogP contribution in [0.3, 0.4) is 0 Å². The molecule has 3 nitrogen and oxygen atoms in total. The molecule has 0 aliphatic heterocycles. The van der Waals surface area contributed by atoms with Gasteiger partial charge in [-0.1, -0.05) is 49.6 Å². The van der Waals surface area contributed by atoms with Crippen LogP contribution < -0.4 is 15.2 Å². The van der Waals surface area contributed by atoms with Crippen LogP contribution in [-0.2, 0) is 6.42 Å². The average molecular weight is 341 g/mol. The van der Waals surface area contributed by atoms with Crippen molar-refractivity contribution in [3.8, 4) is 11.5 Å². The smallest absolute Gasteiger partial charge is 0.122 e. The highest BCUT2D eigenvalue weighted by Crippen LogP contribution is 2.30. The monoisotopic (exact) mass is 341 g/mol. The Balaban J connectivity index is 2.03. The first-order chi connectivity index (χ1) is 12.2. The zero-order valence-electron chi connectivity index (χ0n) is 15.8. The summed E-state index contributed by atoms with van der Waals surface area (Å²) in [6.45, 7) is 5.68. The number of aryl methyl sites for hydroxylation is 1. The standard InChI is InChI=1S/C22H31NO2/c1-4-5-6-13-25-20-10-8-18(9-11-20)15-19(16-23)21-14-17(2)7-12-22(21)24-3/h7-12,14,19H,4-6,13,15-16,23H2,1-3H3. The van der Waals surface area contributed by atoms with Gasteiger partial charge in [0, 0.05) is 5.92 Å². The van der Waals surface area contributed by atoms with Gasteiger partial charge in [0.25, 0.3) is 0 Å². The number of benzene rings is 2. The fourth-order valence-electron chi connectivity index (χ4n) is 3.04. The third-order valence-corrected chi connectivity index (χ3v) is 4.53. The fourth-order valence-corrected chi connectivity index (χ4v) is 3.04. The summed E-state index contributed by atoms with van der Waals surface area (Å²) >= 11 is 0. The summed E-state index contributed by atoms with van der Waals surface area (Å²) in [7, 11) is 1.71. The number of nitrogens with two attached hydrogens (primary N) is 1. The van der Waals surface area contributed by atoms with Crippen molar-refractivity contribution < 1.29 is 9.47 Å². The highest BCUT2D eigenvalue weighted by atomic mass is 16.5. The molecule has 0 aliphatic rings. The Bertz CT molecular complexity index is 637. The van der Waals surface area contributed by atoms with Crippen LogP contribution in [0.2, 0.25) is 0 Å². The van der Waals surface area contributed by atoms with Crippen LogP contribution in [0.1, 0.15) is 48.8 Å². The summed E-state index contributed by atoms with van der Waals surface area (Å²) in [5.74, 6) is 2.10. The van der Waals surface area contributed by atoms with E-state index in [9.17, 15) is 0 Å². The number of unbranched alkanes of at least 4 members (excludes halogenated alkanes) is 2. The maximum absolute atomic E-state index is 6.07. The van der Waals surface area contributed by atoms with Crippen LogP contribution in [0.5, 0.6) is 11.5 Å². The van der Waals surface area contributed by atoms with Gasteiger partial charge in [-0.25, -0.2) is 0 Å². The first-order valence-electron chi connectivity index (χ1n) is 9.24. The van der Waals surface area contributed by atoms with E-state index in [1.54, 1.807) is 7.11 Å². The molecule has 3 heteroatoms. The van der Waals surface area contributed by atoms with E-state index >= 15 is 0 Å². The minimum atomic E-state index is 0.242. The highest BCUT2D eigenvalue weighted by Gasteiger charge is 2.16. The van der Waals surface area contributed by atoms with Crippen molar-refractivity contribution in [3.05, 3.63) is 59.2 Å². The van der Waals surface area contributed by atoms with Gasteiger partial charge in [-0.2, -0.15) is 0 Å². The predicted molar refractivity (Wildman–Crippen MR) is 105 cm³/mol. The second-order valence-corrected chi connectivity index (χ2v) is 6.58. The number of rotatable bonds is 10. The molecule has 0 fully saturated rings. The van der Waals surface area contributed by atoms with E-state index in [2.05, 4.69) is 50.2 Å². The number of methoxy groups -OCH3 is 1. The van der Waals surface area contributed by atoms with E-state index in [0.29, 0.717) is 6.54 Å². The summed E-state index contributed by atoms with van der Waals surface area (Å²) in [5.41, 5.74) is 9.75. The van der Waals surface area contributed by atoms with Crippen LogP contribution in [0.15, 0.2) is 42.5 Å². The molecule has 0 amide bonds. The van der Waals surface area contributed by atoms with Crippen molar-refractivity contribution in [2.24, 2.45) is 5.73 Å². The van der Waals surface area contributed by atoms with Crippen LogP contribution in [0.25, 0.3) is 0 Å². The fraction of sp³-hybridized carbons (Fsp3) is 0.455. The van der Waals surface area contributed by atoms with E-state index in [1.807, 2.05) is 6.07 Å². The Hall–Kier alpha value is -2.00. The molecular formula is C22H31NO2. The Morgan fingerprint density at radius 3 is 2.44 bits per heavy atom. The molecule has 0 bridgehead atoms. The quantitative estimate of drug-likeness (QED) is 0.628. The van der Waals surface area contributed by atoms with Gasteiger partial charge in [-0.3, -0.25) is 0 Å². The summed E-state index contributed by atoms with van der Waals surface area (Å²) in [4.78, 5) is 0. The van der Waals surface area contributed by atoms with Gasteiger partial charge in [0.15, 0.2) is 0 Å². The van der Waals surface area contributed by atoms with Crippen molar-refractivity contribution in [2.45, 2.75) is 45.4 Å². The largest absolute Gasteiger partial charge is 0.496 e. The maximum atomic E-state index is 6.07. The van der Waals surface area contributed by atoms with Gasteiger partial charge in [0.05, 0.1) is 13.7 Å². The van der Waals surface area contributed by atoms with E-state index in [4.69, 9.17) is 15.2 Å². The Kier molecular flexibility index (Phi) is 7.80. The molecule has 2 aromatic carbocycles. The van der Waals surface area contributed by atoms with Crippen LogP contribution in [0.4, 0.5) is 0 Å². The molecule has 0 saturated heterocycles. The van der Waals surface area contributed by atoms with Gasteiger partial charge in [0.2, 0.25) is 0 Å². The minimum absolute atomic E-state index is 0.242. The Morgan fingerprint density at radius 1 is 1.04 bits per heavy atom. The second-order valence-electron chi connectivity index (χ2n) is 6.58. The van der Waals surface area contributed by atoms with E-state index in [-0.39, 0.29) is 5.92 Å². The van der Waals surface area contributed by atoms with Gasteiger partial charge in [-0.15, -0.1) is 0 Å². The first kappa shape index (κ1) is 19.3. The van der Waals surface area contributed by atoms with E-state index in [1.165, 1.54) is 29.5 Å². The van der Waals surface area contributed by atoms with E-state index in [0.717, 1.165) is 30.9 Å². The molecule has 2 aromatic rings. The number of ether oxygens (including phenoxy) is 2. The minimum Gasteiger partial charge on any atom is -0.496 e. The molecule has 0 aromatic heterocycles.